The van der Waals surface area contributed by atoms with E-state index in [1.807, 2.05) is 0 Å². The number of carbonyl (C=O) groups is 2. The van der Waals surface area contributed by atoms with E-state index in [0.717, 1.165) is 13.1 Å². The maximum atomic E-state index is 10.9. The highest BCUT2D eigenvalue weighted by atomic mass is 16.6. The summed E-state index contributed by atoms with van der Waals surface area (Å²) in [7, 11) is 0. The molecule has 12 heavy (non-hydrogen) atoms. The van der Waals surface area contributed by atoms with E-state index in [1.54, 1.807) is 5.32 Å². The molecule has 0 spiro atoms. The zero-order valence-electron chi connectivity index (χ0n) is 6.10. The number of imide groups is 1. The topological polar surface area (TPSA) is 102 Å². The molecule has 0 radical (unpaired) electrons. The molecule has 0 aromatic carbocycles. The van der Waals surface area contributed by atoms with Gasteiger partial charge in [-0.15, -0.1) is 0 Å². The van der Waals surface area contributed by atoms with Crippen molar-refractivity contribution in [1.29, 1.82) is 0 Å². The van der Waals surface area contributed by atoms with E-state index in [9.17, 15) is 19.7 Å². The molecule has 1 N–H and O–H groups in total. The zero-order valence-corrected chi connectivity index (χ0v) is 6.10. The van der Waals surface area contributed by atoms with Crippen LogP contribution in [0.25, 0.3) is 0 Å². The number of carbonyl (C=O) groups excluding carboxylic acids is 2. The molecule has 7 nitrogen and oxygen atoms in total. The molecular formula is C5H5N3O4. The van der Waals surface area contributed by atoms with Gasteiger partial charge in [-0.25, -0.2) is 4.79 Å². The smallest absolute Gasteiger partial charge is 0.270 e. The number of hydrogen-bond donors (Lipinski definition) is 1. The first-order valence-electron chi connectivity index (χ1n) is 3.02. The van der Waals surface area contributed by atoms with E-state index in [0.29, 0.717) is 0 Å². The number of hydrogen-bond acceptors (Lipinski definition) is 4. The van der Waals surface area contributed by atoms with E-state index in [1.165, 1.54) is 0 Å². The average Bonchev–Trinajstić information content (AvgIpc) is 1.97. The summed E-state index contributed by atoms with van der Waals surface area (Å²) in [6.45, 7) is 1.07. The van der Waals surface area contributed by atoms with Crippen LogP contribution in [0.3, 0.4) is 0 Å². The number of urea groups is 1. The molecule has 7 heteroatoms. The Kier molecular flexibility index (Phi) is 1.64. The Morgan fingerprint density at radius 1 is 1.67 bits per heavy atom. The molecule has 1 aliphatic heterocycles. The van der Waals surface area contributed by atoms with Crippen molar-refractivity contribution in [2.45, 2.75) is 12.5 Å². The van der Waals surface area contributed by atoms with Crippen LogP contribution in [0, 0.1) is 10.1 Å². The third-order valence-corrected chi connectivity index (χ3v) is 1.49. The largest absolute Gasteiger partial charge is 0.347 e. The third kappa shape index (κ3) is 1.04. The van der Waals surface area contributed by atoms with Crippen LogP contribution in [-0.4, -0.2) is 28.6 Å². The molecule has 0 aromatic heterocycles. The van der Waals surface area contributed by atoms with Gasteiger partial charge >= 0.3 is 17.5 Å². The first-order valence-corrected chi connectivity index (χ1v) is 3.02. The molecule has 64 valence electrons. The molecule has 3 amide bonds. The molecule has 0 bridgehead atoms. The second-order valence-electron chi connectivity index (χ2n) is 2.42. The Bertz CT molecular complexity index is 297. The van der Waals surface area contributed by atoms with Crippen LogP contribution in [0.4, 0.5) is 4.79 Å². The van der Waals surface area contributed by atoms with Crippen molar-refractivity contribution in [3.8, 4) is 0 Å². The van der Waals surface area contributed by atoms with E-state index in [4.69, 9.17) is 0 Å². The van der Waals surface area contributed by atoms with Crippen LogP contribution >= 0.6 is 0 Å². The van der Waals surface area contributed by atoms with Crippen molar-refractivity contribution in [3.63, 3.8) is 0 Å². The molecule has 0 saturated carbocycles. The highest BCUT2D eigenvalue weighted by Gasteiger charge is 2.47. The maximum absolute atomic E-state index is 10.9. The quantitative estimate of drug-likeness (QED) is 0.418. The Morgan fingerprint density at radius 2 is 2.25 bits per heavy atom. The minimum absolute atomic E-state index is 0.730. The number of nitrogens with one attached hydrogen (secondary N) is 1. The molecule has 1 aliphatic rings. The molecule has 1 rings (SSSR count). The van der Waals surface area contributed by atoms with Gasteiger partial charge in [0, 0.05) is 11.8 Å². The lowest BCUT2D eigenvalue weighted by Crippen LogP contribution is -2.55. The monoisotopic (exact) mass is 171 g/mol. The fourth-order valence-corrected chi connectivity index (χ4v) is 0.629. The number of amides is 3. The number of nitrogens with zero attached hydrogens (tertiary/aromatic N) is 2. The Labute approximate surface area is 66.6 Å². The summed E-state index contributed by atoms with van der Waals surface area (Å²) in [5, 5.41) is 12.1. The zero-order chi connectivity index (χ0) is 9.35. The van der Waals surface area contributed by atoms with Gasteiger partial charge in [0.25, 0.3) is 0 Å². The lowest BCUT2D eigenvalue weighted by atomic mass is 10.0. The van der Waals surface area contributed by atoms with Crippen LogP contribution in [0.15, 0.2) is 4.99 Å². The normalized spacial score (nSPS) is 28.4. The van der Waals surface area contributed by atoms with Crippen molar-refractivity contribution in [2.24, 2.45) is 4.99 Å². The summed E-state index contributed by atoms with van der Waals surface area (Å²) < 4.78 is 0. The number of aliphatic imine (C=N–C) groups is 1. The summed E-state index contributed by atoms with van der Waals surface area (Å²) in [4.78, 5) is 34.0. The molecular weight excluding hydrogens is 166 g/mol. The Hall–Kier alpha value is -1.79. The van der Waals surface area contributed by atoms with Gasteiger partial charge in [-0.3, -0.25) is 20.2 Å². The van der Waals surface area contributed by atoms with E-state index in [2.05, 4.69) is 4.99 Å². The summed E-state index contributed by atoms with van der Waals surface area (Å²) in [6, 6.07) is -0.876. The summed E-state index contributed by atoms with van der Waals surface area (Å²) >= 11 is 0. The molecule has 0 fully saturated rings. The first kappa shape index (κ1) is 8.31. The maximum Gasteiger partial charge on any atom is 0.347 e. The van der Waals surface area contributed by atoms with Gasteiger partial charge in [-0.05, 0) is 0 Å². The predicted molar refractivity (Wildman–Crippen MR) is 37.4 cm³/mol. The van der Waals surface area contributed by atoms with Gasteiger partial charge in [0.15, 0.2) is 0 Å². The summed E-state index contributed by atoms with van der Waals surface area (Å²) in [5.74, 6) is -0.965. The second kappa shape index (κ2) is 2.36. The minimum atomic E-state index is -1.92. The van der Waals surface area contributed by atoms with E-state index >= 15 is 0 Å². The van der Waals surface area contributed by atoms with Crippen molar-refractivity contribution in [2.75, 3.05) is 0 Å². The number of nitro groups is 1. The van der Waals surface area contributed by atoms with Crippen LogP contribution in [0.1, 0.15) is 6.92 Å². The van der Waals surface area contributed by atoms with Crippen molar-refractivity contribution in [1.82, 2.24) is 5.32 Å². The SMILES string of the molecule is CC1([N+](=O)[O-])C=NC(=O)NC1=O. The van der Waals surface area contributed by atoms with Gasteiger partial charge in [-0.1, -0.05) is 0 Å². The first-order chi connectivity index (χ1) is 5.47. The molecule has 1 heterocycles. The molecule has 1 unspecified atom stereocenters. The summed E-state index contributed by atoms with van der Waals surface area (Å²) in [5.41, 5.74) is -1.92. The second-order valence-corrected chi connectivity index (χ2v) is 2.42. The molecule has 0 saturated heterocycles. The Morgan fingerprint density at radius 3 is 2.67 bits per heavy atom. The predicted octanol–water partition coefficient (Wildman–Crippen LogP) is -0.658. The Balaban J connectivity index is 3.07. The average molecular weight is 171 g/mol. The minimum Gasteiger partial charge on any atom is -0.270 e. The molecule has 0 aromatic rings. The van der Waals surface area contributed by atoms with Gasteiger partial charge in [0.05, 0.1) is 6.21 Å². The fraction of sp³-hybridized carbons (Fsp3) is 0.400. The fourth-order valence-electron chi connectivity index (χ4n) is 0.629. The lowest BCUT2D eigenvalue weighted by Gasteiger charge is -2.16. The van der Waals surface area contributed by atoms with Gasteiger partial charge in [0.1, 0.15) is 0 Å². The molecule has 0 aliphatic carbocycles. The number of rotatable bonds is 1. The van der Waals surface area contributed by atoms with Crippen LogP contribution in [-0.2, 0) is 4.79 Å². The van der Waals surface area contributed by atoms with Crippen LogP contribution in [0.5, 0.6) is 0 Å². The lowest BCUT2D eigenvalue weighted by molar-refractivity contribution is -0.525. The van der Waals surface area contributed by atoms with Gasteiger partial charge in [-0.2, -0.15) is 4.99 Å². The molecule has 1 atom stereocenters. The van der Waals surface area contributed by atoms with Crippen LogP contribution < -0.4 is 5.32 Å². The van der Waals surface area contributed by atoms with Gasteiger partial charge in [0.2, 0.25) is 0 Å². The highest BCUT2D eigenvalue weighted by Crippen LogP contribution is 2.09. The van der Waals surface area contributed by atoms with E-state index in [-0.39, 0.29) is 0 Å². The van der Waals surface area contributed by atoms with Crippen LogP contribution in [0.2, 0.25) is 0 Å². The standard InChI is InChI=1S/C5H5N3O4/c1-5(8(11)12)2-6-4(10)7-3(5)9/h2H,1H3,(H,7,9,10). The summed E-state index contributed by atoms with van der Waals surface area (Å²) in [6.07, 6.45) is 0.730. The third-order valence-electron chi connectivity index (χ3n) is 1.49. The van der Waals surface area contributed by atoms with Crippen molar-refractivity contribution >= 4 is 18.2 Å². The van der Waals surface area contributed by atoms with Crippen molar-refractivity contribution < 1.29 is 14.5 Å². The van der Waals surface area contributed by atoms with E-state index < -0.39 is 22.4 Å². The highest BCUT2D eigenvalue weighted by molar-refractivity contribution is 6.14. The van der Waals surface area contributed by atoms with Crippen molar-refractivity contribution in [3.05, 3.63) is 10.1 Å². The van der Waals surface area contributed by atoms with Gasteiger partial charge < -0.3 is 0 Å².